The number of fused-ring (bicyclic) bond motifs is 1. The number of nitrogens with zero attached hydrogens (tertiary/aromatic N) is 5. The topological polar surface area (TPSA) is 189 Å². The van der Waals surface area contributed by atoms with Crippen LogP contribution in [0.15, 0.2) is 43.0 Å². The summed E-state index contributed by atoms with van der Waals surface area (Å²) < 4.78 is 12.4. The van der Waals surface area contributed by atoms with Crippen LogP contribution < -0.4 is 5.73 Å². The highest BCUT2D eigenvalue weighted by Gasteiger charge is 2.57. The minimum absolute atomic E-state index is 0.0702. The van der Waals surface area contributed by atoms with Gasteiger partial charge in [-0.15, -0.1) is 0 Å². The minimum Gasteiger partial charge on any atom is -0.450 e. The number of rotatable bonds is 6. The third-order valence-electron chi connectivity index (χ3n) is 5.98. The summed E-state index contributed by atoms with van der Waals surface area (Å²) in [6, 6.07) is 8.40. The average Bonchev–Trinajstić information content (AvgIpc) is 3.34. The van der Waals surface area contributed by atoms with E-state index in [-0.39, 0.29) is 24.4 Å². The van der Waals surface area contributed by atoms with Crippen molar-refractivity contribution >= 4 is 17.5 Å². The molecule has 12 heteroatoms. The fourth-order valence-electron chi connectivity index (χ4n) is 4.19. The molecular weight excluding hydrogens is 432 g/mol. The van der Waals surface area contributed by atoms with E-state index in [0.29, 0.717) is 11.1 Å². The van der Waals surface area contributed by atoms with Gasteiger partial charge in [0, 0.05) is 18.0 Å². The van der Waals surface area contributed by atoms with Crippen molar-refractivity contribution < 1.29 is 29.6 Å². The van der Waals surface area contributed by atoms with Gasteiger partial charge in [0.15, 0.2) is 5.82 Å². The molecule has 4 rings (SSSR count). The molecule has 3 aromatic heterocycles. The van der Waals surface area contributed by atoms with Gasteiger partial charge in [0.2, 0.25) is 5.60 Å². The lowest BCUT2D eigenvalue weighted by molar-refractivity contribution is -0.0651. The summed E-state index contributed by atoms with van der Waals surface area (Å²) in [7, 11) is 0. The molecule has 1 aliphatic rings. The molecule has 3 aromatic rings. The van der Waals surface area contributed by atoms with Gasteiger partial charge < -0.3 is 30.5 Å². The second kappa shape index (κ2) is 8.28. The van der Waals surface area contributed by atoms with Crippen LogP contribution >= 0.6 is 0 Å². The molecular formula is C21H22N6O6. The lowest BCUT2D eigenvalue weighted by Crippen LogP contribution is -2.40. The molecule has 4 heterocycles. The quantitative estimate of drug-likeness (QED) is 0.388. The number of anilines is 1. The molecule has 0 spiro atoms. The van der Waals surface area contributed by atoms with E-state index in [1.165, 1.54) is 23.1 Å². The molecule has 0 aromatic carbocycles. The molecule has 0 radical (unpaired) electrons. The summed E-state index contributed by atoms with van der Waals surface area (Å²) in [4.78, 5) is 19.2. The Morgan fingerprint density at radius 3 is 2.88 bits per heavy atom. The Kier molecular flexibility index (Phi) is 5.62. The van der Waals surface area contributed by atoms with E-state index in [1.54, 1.807) is 31.3 Å². The predicted octanol–water partition coefficient (Wildman–Crippen LogP) is 0.936. The number of aliphatic hydroxyl groups is 2. The molecule has 1 unspecified atom stereocenters. The number of ether oxygens (including phenoxy) is 2. The third kappa shape index (κ3) is 3.72. The predicted molar refractivity (Wildman–Crippen MR) is 112 cm³/mol. The Bertz CT molecular complexity index is 1210. The molecule has 12 nitrogen and oxygen atoms in total. The Labute approximate surface area is 187 Å². The second-order valence-electron chi connectivity index (χ2n) is 7.98. The summed E-state index contributed by atoms with van der Waals surface area (Å²) in [6.45, 7) is 1.58. The Balaban J connectivity index is 1.63. The lowest BCUT2D eigenvalue weighted by atomic mass is 9.88. The van der Waals surface area contributed by atoms with Gasteiger partial charge in [0.25, 0.3) is 0 Å². The van der Waals surface area contributed by atoms with E-state index >= 15 is 0 Å². The largest absolute Gasteiger partial charge is 0.506 e. The smallest absolute Gasteiger partial charge is 0.450 e. The summed E-state index contributed by atoms with van der Waals surface area (Å²) in [5.74, 6) is 0.173. The molecule has 0 bridgehead atoms. The molecule has 172 valence electrons. The van der Waals surface area contributed by atoms with Gasteiger partial charge >= 0.3 is 6.16 Å². The van der Waals surface area contributed by atoms with Crippen molar-refractivity contribution in [3.8, 4) is 6.07 Å². The number of carbonyl (C=O) groups is 1. The summed E-state index contributed by atoms with van der Waals surface area (Å²) in [5, 5.41) is 44.9. The number of hydrogen-bond donors (Lipinski definition) is 4. The van der Waals surface area contributed by atoms with Crippen molar-refractivity contribution in [1.82, 2.24) is 19.6 Å². The highest BCUT2D eigenvalue weighted by atomic mass is 16.7. The zero-order valence-corrected chi connectivity index (χ0v) is 17.6. The molecule has 5 N–H and O–H groups in total. The number of nitrogen functional groups attached to an aromatic ring is 1. The van der Waals surface area contributed by atoms with Crippen molar-refractivity contribution in [1.29, 1.82) is 5.26 Å². The maximum Gasteiger partial charge on any atom is 0.506 e. The van der Waals surface area contributed by atoms with Gasteiger partial charge in [0.1, 0.15) is 35.7 Å². The van der Waals surface area contributed by atoms with Crippen LogP contribution in [0.3, 0.4) is 0 Å². The fraction of sp³-hybridized carbons (Fsp3) is 0.381. The first-order chi connectivity index (χ1) is 15.7. The van der Waals surface area contributed by atoms with Crippen LogP contribution in [0.4, 0.5) is 10.6 Å². The first kappa shape index (κ1) is 22.4. The van der Waals surface area contributed by atoms with E-state index in [4.69, 9.17) is 15.2 Å². The van der Waals surface area contributed by atoms with Crippen LogP contribution in [0.1, 0.15) is 31.0 Å². The van der Waals surface area contributed by atoms with Gasteiger partial charge in [0.05, 0.1) is 11.8 Å². The average molecular weight is 454 g/mol. The number of carboxylic acid groups (broad SMARTS) is 1. The summed E-state index contributed by atoms with van der Waals surface area (Å²) >= 11 is 0. The third-order valence-corrected chi connectivity index (χ3v) is 5.98. The number of aromatic nitrogens is 4. The van der Waals surface area contributed by atoms with Crippen molar-refractivity contribution in [2.45, 2.75) is 49.3 Å². The second-order valence-corrected chi connectivity index (χ2v) is 7.98. The van der Waals surface area contributed by atoms with Crippen LogP contribution in [0.2, 0.25) is 0 Å². The highest BCUT2D eigenvalue weighted by Crippen LogP contribution is 2.43. The fourth-order valence-corrected chi connectivity index (χ4v) is 4.19. The highest BCUT2D eigenvalue weighted by molar-refractivity contribution is 5.66. The first-order valence-corrected chi connectivity index (χ1v) is 10.1. The van der Waals surface area contributed by atoms with E-state index in [2.05, 4.69) is 15.1 Å². The van der Waals surface area contributed by atoms with Crippen LogP contribution in [0, 0.1) is 11.3 Å². The van der Waals surface area contributed by atoms with Crippen LogP contribution in [0.5, 0.6) is 0 Å². The van der Waals surface area contributed by atoms with Crippen LogP contribution in [-0.4, -0.2) is 59.4 Å². The number of pyridine rings is 1. The zero-order chi connectivity index (χ0) is 23.8. The van der Waals surface area contributed by atoms with E-state index < -0.39 is 35.7 Å². The number of aliphatic hydroxyl groups excluding tert-OH is 2. The first-order valence-electron chi connectivity index (χ1n) is 10.1. The molecule has 5 atom stereocenters. The van der Waals surface area contributed by atoms with Crippen LogP contribution in [-0.2, 0) is 20.7 Å². The van der Waals surface area contributed by atoms with Crippen molar-refractivity contribution in [3.05, 3.63) is 54.2 Å². The van der Waals surface area contributed by atoms with Gasteiger partial charge in [-0.3, -0.25) is 4.98 Å². The minimum atomic E-state index is -1.93. The van der Waals surface area contributed by atoms with Crippen LogP contribution in [0.25, 0.3) is 5.52 Å². The zero-order valence-electron chi connectivity index (χ0n) is 17.6. The molecule has 0 saturated carbocycles. The maximum atomic E-state index is 11.3. The molecule has 1 fully saturated rings. The molecule has 0 amide bonds. The molecule has 1 aliphatic heterocycles. The van der Waals surface area contributed by atoms with E-state index in [1.807, 2.05) is 6.07 Å². The molecule has 0 aliphatic carbocycles. The Hall–Kier alpha value is -3.79. The van der Waals surface area contributed by atoms with Gasteiger partial charge in [-0.1, -0.05) is 6.07 Å². The van der Waals surface area contributed by atoms with E-state index in [0.717, 1.165) is 0 Å². The number of hydrogen-bond acceptors (Lipinski definition) is 10. The van der Waals surface area contributed by atoms with Gasteiger partial charge in [-0.05, 0) is 38.0 Å². The number of nitriles is 1. The van der Waals surface area contributed by atoms with E-state index in [9.17, 15) is 25.4 Å². The maximum absolute atomic E-state index is 11.3. The van der Waals surface area contributed by atoms with Crippen molar-refractivity contribution in [3.63, 3.8) is 0 Å². The van der Waals surface area contributed by atoms with Gasteiger partial charge in [-0.2, -0.15) is 10.4 Å². The Morgan fingerprint density at radius 1 is 1.42 bits per heavy atom. The Morgan fingerprint density at radius 2 is 2.21 bits per heavy atom. The SMILES string of the molecule is CC(CC[C@H]1O[C@@](C#N)(c2ccc3c(N)ncnn23)[C@H](O)[C@@H]1O)(OC(=O)O)c1cccnc1. The monoisotopic (exact) mass is 454 g/mol. The van der Waals surface area contributed by atoms with Crippen molar-refractivity contribution in [2.24, 2.45) is 0 Å². The molecule has 33 heavy (non-hydrogen) atoms. The standard InChI is InChI=1S/C21H22N6O6/c1-20(33-19(30)31,12-3-2-8-24-9-12)7-6-14-16(28)17(29)21(10-22,32-14)15-5-4-13-18(23)25-11-26-27(13)15/h2-5,8-9,11,14,16-17,28-29H,6-7H2,1H3,(H,30,31)(H2,23,25,26)/t14-,16-,17-,20?,21+/m1/s1. The normalized spacial score (nSPS) is 26.5. The lowest BCUT2D eigenvalue weighted by Gasteiger charge is -2.30. The van der Waals surface area contributed by atoms with Crippen molar-refractivity contribution in [2.75, 3.05) is 5.73 Å². The summed E-state index contributed by atoms with van der Waals surface area (Å²) in [6.07, 6.45) is -1.12. The number of nitrogens with two attached hydrogens (primary N) is 1. The molecule has 1 saturated heterocycles. The summed E-state index contributed by atoms with van der Waals surface area (Å²) in [5.41, 5.74) is 3.73. The van der Waals surface area contributed by atoms with Gasteiger partial charge in [-0.25, -0.2) is 14.3 Å².